The Hall–Kier alpha value is -2.74. The van der Waals surface area contributed by atoms with Crippen LogP contribution in [0.1, 0.15) is 40.0 Å². The quantitative estimate of drug-likeness (QED) is 0.299. The molecule has 1 heterocycles. The molecule has 0 bridgehead atoms. The zero-order valence-corrected chi connectivity index (χ0v) is 17.5. The molecule has 0 unspecified atom stereocenters. The lowest BCUT2D eigenvalue weighted by Gasteiger charge is -2.22. The van der Waals surface area contributed by atoms with E-state index in [1.807, 2.05) is 13.8 Å². The van der Waals surface area contributed by atoms with E-state index in [0.29, 0.717) is 5.57 Å². The molecule has 0 spiro atoms. The Bertz CT molecular complexity index is 789. The van der Waals surface area contributed by atoms with Gasteiger partial charge in [0.15, 0.2) is 5.78 Å². The Morgan fingerprint density at radius 2 is 1.97 bits per heavy atom. The van der Waals surface area contributed by atoms with Gasteiger partial charge in [0, 0.05) is 43.3 Å². The molecular weight excluding hydrogens is 392 g/mol. The van der Waals surface area contributed by atoms with E-state index in [-0.39, 0.29) is 54.7 Å². The SMILES string of the molecule is C=C1C(=O)O[C@@H]2C=C(COC(=O)CC(C)C)C[C@H](OC(C)=O)/C=C(\CO)C(=O)C[C@@H]12. The van der Waals surface area contributed by atoms with E-state index in [1.165, 1.54) is 13.0 Å². The minimum Gasteiger partial charge on any atom is -0.461 e. The van der Waals surface area contributed by atoms with E-state index in [9.17, 15) is 24.3 Å². The van der Waals surface area contributed by atoms with Gasteiger partial charge in [-0.15, -0.1) is 0 Å². The van der Waals surface area contributed by atoms with Crippen molar-refractivity contribution in [1.82, 2.24) is 0 Å². The van der Waals surface area contributed by atoms with Crippen LogP contribution >= 0.6 is 0 Å². The normalized spacial score (nSPS) is 26.3. The number of aliphatic hydroxyl groups is 1. The van der Waals surface area contributed by atoms with Gasteiger partial charge in [-0.25, -0.2) is 4.79 Å². The molecule has 30 heavy (non-hydrogen) atoms. The van der Waals surface area contributed by atoms with Crippen LogP contribution in [0.4, 0.5) is 0 Å². The summed E-state index contributed by atoms with van der Waals surface area (Å²) in [5.41, 5.74) is 0.819. The Labute approximate surface area is 175 Å². The maximum atomic E-state index is 12.6. The third-order valence-electron chi connectivity index (χ3n) is 4.84. The average molecular weight is 420 g/mol. The number of rotatable bonds is 6. The van der Waals surface area contributed by atoms with Crippen molar-refractivity contribution in [2.75, 3.05) is 13.2 Å². The third-order valence-corrected chi connectivity index (χ3v) is 4.84. The van der Waals surface area contributed by atoms with Crippen LogP contribution in [0.2, 0.25) is 0 Å². The maximum absolute atomic E-state index is 12.6. The van der Waals surface area contributed by atoms with Crippen LogP contribution < -0.4 is 0 Å². The molecule has 0 radical (unpaired) electrons. The Morgan fingerprint density at radius 1 is 1.27 bits per heavy atom. The number of carbonyl (C=O) groups excluding carboxylic acids is 4. The molecule has 8 nitrogen and oxygen atoms in total. The van der Waals surface area contributed by atoms with Gasteiger partial charge in [0.2, 0.25) is 0 Å². The van der Waals surface area contributed by atoms with Crippen LogP contribution in [0.15, 0.2) is 35.5 Å². The summed E-state index contributed by atoms with van der Waals surface area (Å²) in [7, 11) is 0. The molecule has 0 amide bonds. The minimum atomic E-state index is -0.847. The standard InChI is InChI=1S/C22H28O8/c1-12(2)5-21(26)28-11-15-6-17(29-14(4)24)8-16(10-23)19(25)9-18-13(3)22(27)30-20(18)7-15/h7-8,12,17-18,20,23H,3,5-6,9-11H2,1-2,4H3/b15-7?,16-8+/t17-,18-,20+/m0/s1. The first-order valence-electron chi connectivity index (χ1n) is 9.87. The van der Waals surface area contributed by atoms with Gasteiger partial charge >= 0.3 is 17.9 Å². The highest BCUT2D eigenvalue weighted by Crippen LogP contribution is 2.33. The summed E-state index contributed by atoms with van der Waals surface area (Å²) in [6.07, 6.45) is 1.69. The van der Waals surface area contributed by atoms with Crippen molar-refractivity contribution in [3.05, 3.63) is 35.5 Å². The van der Waals surface area contributed by atoms with E-state index in [1.54, 1.807) is 6.08 Å². The topological polar surface area (TPSA) is 116 Å². The van der Waals surface area contributed by atoms with Gasteiger partial charge in [-0.3, -0.25) is 14.4 Å². The van der Waals surface area contributed by atoms with Crippen LogP contribution in [-0.4, -0.2) is 54.2 Å². The second-order valence-electron chi connectivity index (χ2n) is 7.91. The molecule has 0 aromatic heterocycles. The zero-order valence-electron chi connectivity index (χ0n) is 17.5. The van der Waals surface area contributed by atoms with Gasteiger partial charge in [-0.05, 0) is 23.6 Å². The predicted molar refractivity (Wildman–Crippen MR) is 106 cm³/mol. The Kier molecular flexibility index (Phi) is 8.11. The van der Waals surface area contributed by atoms with Crippen molar-refractivity contribution in [3.8, 4) is 0 Å². The Morgan fingerprint density at radius 3 is 2.57 bits per heavy atom. The lowest BCUT2D eigenvalue weighted by molar-refractivity contribution is -0.146. The van der Waals surface area contributed by atoms with E-state index in [2.05, 4.69) is 6.58 Å². The molecule has 1 saturated heterocycles. The van der Waals surface area contributed by atoms with Crippen molar-refractivity contribution in [2.45, 2.75) is 52.2 Å². The summed E-state index contributed by atoms with van der Waals surface area (Å²) in [5, 5.41) is 9.64. The van der Waals surface area contributed by atoms with Crippen molar-refractivity contribution in [1.29, 1.82) is 0 Å². The fourth-order valence-corrected chi connectivity index (χ4v) is 3.39. The number of ether oxygens (including phenoxy) is 3. The smallest absolute Gasteiger partial charge is 0.334 e. The van der Waals surface area contributed by atoms with Gasteiger partial charge in [0.25, 0.3) is 0 Å². The number of carbonyl (C=O) groups is 4. The van der Waals surface area contributed by atoms with Crippen LogP contribution in [0.3, 0.4) is 0 Å². The van der Waals surface area contributed by atoms with Crippen LogP contribution in [-0.2, 0) is 33.4 Å². The number of Topliss-reactive ketones (excluding diaryl/α,β-unsaturated/α-hetero) is 1. The molecule has 0 aromatic carbocycles. The monoisotopic (exact) mass is 420 g/mol. The molecule has 0 saturated carbocycles. The highest BCUT2D eigenvalue weighted by molar-refractivity contribution is 5.98. The van der Waals surface area contributed by atoms with Crippen LogP contribution in [0.5, 0.6) is 0 Å². The van der Waals surface area contributed by atoms with Crippen molar-refractivity contribution in [3.63, 3.8) is 0 Å². The van der Waals surface area contributed by atoms with Gasteiger partial charge in [0.05, 0.1) is 6.61 Å². The number of ketones is 1. The second kappa shape index (κ2) is 10.3. The maximum Gasteiger partial charge on any atom is 0.334 e. The largest absolute Gasteiger partial charge is 0.461 e. The van der Waals surface area contributed by atoms with E-state index >= 15 is 0 Å². The molecule has 8 heteroatoms. The van der Waals surface area contributed by atoms with Gasteiger partial charge in [0.1, 0.15) is 18.8 Å². The third kappa shape index (κ3) is 6.38. The van der Waals surface area contributed by atoms with E-state index in [4.69, 9.17) is 14.2 Å². The predicted octanol–water partition coefficient (Wildman–Crippen LogP) is 1.81. The first kappa shape index (κ1) is 23.5. The minimum absolute atomic E-state index is 0.0743. The highest BCUT2D eigenvalue weighted by Gasteiger charge is 2.40. The fraction of sp³-hybridized carbons (Fsp3) is 0.545. The molecule has 3 atom stereocenters. The summed E-state index contributed by atoms with van der Waals surface area (Å²) in [6.45, 7) is 8.13. The lowest BCUT2D eigenvalue weighted by atomic mass is 9.86. The number of fused-ring (bicyclic) bond motifs is 1. The molecular formula is C22H28O8. The second-order valence-corrected chi connectivity index (χ2v) is 7.91. The van der Waals surface area contributed by atoms with Gasteiger partial charge in [-0.1, -0.05) is 20.4 Å². The average Bonchev–Trinajstić information content (AvgIpc) is 2.90. The summed E-state index contributed by atoms with van der Waals surface area (Å²) in [5.74, 6) is -2.38. The number of esters is 3. The highest BCUT2D eigenvalue weighted by atomic mass is 16.6. The van der Waals surface area contributed by atoms with Gasteiger partial charge in [-0.2, -0.15) is 0 Å². The lowest BCUT2D eigenvalue weighted by Crippen LogP contribution is -2.26. The van der Waals surface area contributed by atoms with Crippen molar-refractivity contribution in [2.24, 2.45) is 11.8 Å². The van der Waals surface area contributed by atoms with E-state index < -0.39 is 36.7 Å². The molecule has 1 aliphatic heterocycles. The molecule has 0 aromatic rings. The first-order chi connectivity index (χ1) is 14.1. The number of hydrogen-bond donors (Lipinski definition) is 1. The summed E-state index contributed by atoms with van der Waals surface area (Å²) >= 11 is 0. The molecule has 2 rings (SSSR count). The zero-order chi connectivity index (χ0) is 22.4. The summed E-state index contributed by atoms with van der Waals surface area (Å²) in [4.78, 5) is 48.1. The van der Waals surface area contributed by atoms with Crippen LogP contribution in [0.25, 0.3) is 0 Å². The summed E-state index contributed by atoms with van der Waals surface area (Å²) < 4.78 is 16.0. The molecule has 1 N–H and O–H groups in total. The summed E-state index contributed by atoms with van der Waals surface area (Å²) in [6, 6.07) is 0. The van der Waals surface area contributed by atoms with E-state index in [0.717, 1.165) is 0 Å². The van der Waals surface area contributed by atoms with Gasteiger partial charge < -0.3 is 19.3 Å². The first-order valence-corrected chi connectivity index (χ1v) is 9.87. The van der Waals surface area contributed by atoms with Crippen molar-refractivity contribution >= 4 is 23.7 Å². The molecule has 2 aliphatic rings. The Balaban J connectivity index is 2.36. The number of aliphatic hydroxyl groups excluding tert-OH is 1. The van der Waals surface area contributed by atoms with Crippen LogP contribution in [0, 0.1) is 11.8 Å². The molecule has 1 aliphatic carbocycles. The van der Waals surface area contributed by atoms with Crippen molar-refractivity contribution < 1.29 is 38.5 Å². The molecule has 164 valence electrons. The number of hydrogen-bond acceptors (Lipinski definition) is 8. The fourth-order valence-electron chi connectivity index (χ4n) is 3.39. The molecule has 1 fully saturated rings.